The number of carbonyl (C=O) groups is 1. The Labute approximate surface area is 139 Å². The number of amides is 1. The van der Waals surface area contributed by atoms with E-state index in [0.29, 0.717) is 17.1 Å². The third kappa shape index (κ3) is 5.35. The van der Waals surface area contributed by atoms with E-state index in [1.807, 2.05) is 0 Å². The number of benzene rings is 1. The van der Waals surface area contributed by atoms with Gasteiger partial charge >= 0.3 is 0 Å². The van der Waals surface area contributed by atoms with Crippen LogP contribution < -0.4 is 11.1 Å². The van der Waals surface area contributed by atoms with Gasteiger partial charge in [-0.1, -0.05) is 12.1 Å². The first kappa shape index (κ1) is 19.2. The molecule has 0 aromatic heterocycles. The second-order valence-electron chi connectivity index (χ2n) is 5.47. The summed E-state index contributed by atoms with van der Waals surface area (Å²) in [7, 11) is 0. The van der Waals surface area contributed by atoms with Crippen molar-refractivity contribution in [3.63, 3.8) is 0 Å². The average molecular weight is 341 g/mol. The van der Waals surface area contributed by atoms with Crippen LogP contribution in [0.25, 0.3) is 0 Å². The first-order valence-corrected chi connectivity index (χ1v) is 8.21. The Morgan fingerprint density at radius 2 is 2.09 bits per heavy atom. The molecule has 1 rings (SSSR count). The van der Waals surface area contributed by atoms with Crippen LogP contribution in [0.15, 0.2) is 40.4 Å². The van der Waals surface area contributed by atoms with E-state index in [-0.39, 0.29) is 5.70 Å². The van der Waals surface area contributed by atoms with Gasteiger partial charge in [0.15, 0.2) is 0 Å². The first-order chi connectivity index (χ1) is 10.7. The highest BCUT2D eigenvalue weighted by atomic mass is 32.2. The van der Waals surface area contributed by atoms with Gasteiger partial charge < -0.3 is 11.1 Å². The molecule has 1 amide bonds. The summed E-state index contributed by atoms with van der Waals surface area (Å²) in [4.78, 5) is 15.8. The van der Waals surface area contributed by atoms with Crippen molar-refractivity contribution in [2.45, 2.75) is 32.6 Å². The van der Waals surface area contributed by atoms with Crippen molar-refractivity contribution in [3.05, 3.63) is 40.9 Å². The van der Waals surface area contributed by atoms with Crippen molar-refractivity contribution in [2.75, 3.05) is 6.26 Å². The topological polar surface area (TPSA) is 67.5 Å². The largest absolute Gasteiger partial charge is 0.369 e. The summed E-state index contributed by atoms with van der Waals surface area (Å²) in [5.41, 5.74) is 5.64. The molecule has 0 saturated carbocycles. The molecule has 0 heterocycles. The number of rotatable bonds is 6. The normalized spacial score (nSPS) is 13.3. The number of amidine groups is 1. The minimum atomic E-state index is -2.60. The number of carbonyl (C=O) groups excluding carboxylic acids is 1. The lowest BCUT2D eigenvalue weighted by atomic mass is 9.84. The minimum absolute atomic E-state index is 0.202. The molecule has 0 saturated heterocycles. The van der Waals surface area contributed by atoms with Gasteiger partial charge in [-0.15, -0.1) is 11.8 Å². The second kappa shape index (κ2) is 8.10. The molecule has 0 radical (unpaired) electrons. The molecule has 0 aliphatic heterocycles. The smallest absolute Gasteiger partial charge is 0.278 e. The van der Waals surface area contributed by atoms with Crippen LogP contribution >= 0.6 is 11.8 Å². The number of alkyl halides is 2. The molecular weight excluding hydrogens is 320 g/mol. The monoisotopic (exact) mass is 341 g/mol. The van der Waals surface area contributed by atoms with Crippen molar-refractivity contribution in [1.29, 1.82) is 0 Å². The van der Waals surface area contributed by atoms with E-state index >= 15 is 0 Å². The van der Waals surface area contributed by atoms with Crippen LogP contribution in [0, 0.1) is 0 Å². The fraction of sp³-hybridized carbons (Fsp3) is 0.375. The third-order valence-corrected chi connectivity index (χ3v) is 3.78. The van der Waals surface area contributed by atoms with Gasteiger partial charge in [-0.05, 0) is 50.1 Å². The highest BCUT2D eigenvalue weighted by Gasteiger charge is 2.27. The molecule has 126 valence electrons. The zero-order valence-electron chi connectivity index (χ0n) is 13.6. The van der Waals surface area contributed by atoms with Gasteiger partial charge in [-0.25, -0.2) is 13.8 Å². The minimum Gasteiger partial charge on any atom is -0.369 e. The molecule has 0 aliphatic rings. The van der Waals surface area contributed by atoms with Crippen molar-refractivity contribution < 1.29 is 13.6 Å². The van der Waals surface area contributed by atoms with Crippen molar-refractivity contribution in [3.8, 4) is 0 Å². The summed E-state index contributed by atoms with van der Waals surface area (Å²) in [6.07, 6.45) is -0.904. The van der Waals surface area contributed by atoms with Gasteiger partial charge in [0.1, 0.15) is 5.84 Å². The maximum absolute atomic E-state index is 12.8. The zero-order chi connectivity index (χ0) is 17.6. The molecule has 0 aliphatic carbocycles. The zero-order valence-corrected chi connectivity index (χ0v) is 14.4. The molecule has 1 aromatic rings. The number of thioether (sulfide) groups is 1. The van der Waals surface area contributed by atoms with E-state index in [9.17, 15) is 13.6 Å². The lowest BCUT2D eigenvalue weighted by molar-refractivity contribution is -0.122. The molecule has 4 nitrogen and oxygen atoms in total. The Bertz CT molecular complexity index is 628. The van der Waals surface area contributed by atoms with Crippen LogP contribution in [0.4, 0.5) is 14.5 Å². The Kier molecular flexibility index (Phi) is 6.75. The number of nitrogens with zero attached hydrogens (tertiary/aromatic N) is 1. The molecule has 3 N–H and O–H groups in total. The van der Waals surface area contributed by atoms with Gasteiger partial charge in [-0.2, -0.15) is 0 Å². The van der Waals surface area contributed by atoms with Crippen LogP contribution in [0.1, 0.15) is 26.3 Å². The Hall–Kier alpha value is -1.89. The summed E-state index contributed by atoms with van der Waals surface area (Å²) in [6.45, 7) is 5.04. The molecule has 0 unspecified atom stereocenters. The van der Waals surface area contributed by atoms with E-state index in [2.05, 4.69) is 10.3 Å². The van der Waals surface area contributed by atoms with Crippen LogP contribution in [0.3, 0.4) is 0 Å². The maximum atomic E-state index is 12.8. The fourth-order valence-electron chi connectivity index (χ4n) is 1.80. The van der Waals surface area contributed by atoms with Gasteiger partial charge in [0.2, 0.25) is 5.91 Å². The van der Waals surface area contributed by atoms with Gasteiger partial charge in [0.25, 0.3) is 6.43 Å². The predicted octanol–water partition coefficient (Wildman–Crippen LogP) is 3.56. The number of hydrogen-bond acceptors (Lipinski definition) is 3. The van der Waals surface area contributed by atoms with E-state index in [1.54, 1.807) is 51.3 Å². The third-order valence-electron chi connectivity index (χ3n) is 3.29. The Morgan fingerprint density at radius 1 is 1.43 bits per heavy atom. The number of hydrogen-bond donors (Lipinski definition) is 2. The molecule has 23 heavy (non-hydrogen) atoms. The number of aliphatic imine (C=N–C) groups is 1. The standard InChI is InChI=1S/C16H21F2N3OS/c1-10(21-13(9-23-4)14(17)18)20-12-7-5-6-11(8-12)16(2,3)15(19)22/h5-9,14H,1-4H3,(H2,19,22)(H,20,21)/b13-9-. The number of primary amides is 1. The lowest BCUT2D eigenvalue weighted by Crippen LogP contribution is -2.35. The van der Waals surface area contributed by atoms with Gasteiger partial charge in [-0.3, -0.25) is 4.79 Å². The number of allylic oxidation sites excluding steroid dienone is 1. The van der Waals surface area contributed by atoms with Crippen LogP contribution in [-0.2, 0) is 10.2 Å². The molecule has 0 spiro atoms. The Balaban J connectivity index is 3.04. The molecule has 7 heteroatoms. The SMILES string of the molecule is CS/C=C(\NC(C)=Nc1cccc(C(C)(C)C(N)=O)c1)C(F)F. The summed E-state index contributed by atoms with van der Waals surface area (Å²) in [5.74, 6) is -0.115. The molecule has 0 fully saturated rings. The van der Waals surface area contributed by atoms with Crippen molar-refractivity contribution >= 4 is 29.2 Å². The summed E-state index contributed by atoms with van der Waals surface area (Å²) in [6, 6.07) is 6.98. The second-order valence-corrected chi connectivity index (χ2v) is 6.18. The molecule has 1 aromatic carbocycles. The highest BCUT2D eigenvalue weighted by molar-refractivity contribution is 8.01. The summed E-state index contributed by atoms with van der Waals surface area (Å²) >= 11 is 1.18. The van der Waals surface area contributed by atoms with Crippen LogP contribution in [-0.4, -0.2) is 24.4 Å². The van der Waals surface area contributed by atoms with E-state index in [0.717, 1.165) is 0 Å². The van der Waals surface area contributed by atoms with Crippen molar-refractivity contribution in [2.24, 2.45) is 10.7 Å². The molecule has 0 bridgehead atoms. The average Bonchev–Trinajstić information content (AvgIpc) is 2.46. The lowest BCUT2D eigenvalue weighted by Gasteiger charge is -2.21. The molecule has 0 atom stereocenters. The Morgan fingerprint density at radius 3 is 2.61 bits per heavy atom. The maximum Gasteiger partial charge on any atom is 0.278 e. The van der Waals surface area contributed by atoms with Crippen LogP contribution in [0.5, 0.6) is 0 Å². The first-order valence-electron chi connectivity index (χ1n) is 6.92. The van der Waals surface area contributed by atoms with Gasteiger partial charge in [0.05, 0.1) is 16.8 Å². The number of halogens is 2. The van der Waals surface area contributed by atoms with E-state index < -0.39 is 17.7 Å². The van der Waals surface area contributed by atoms with E-state index in [4.69, 9.17) is 5.73 Å². The van der Waals surface area contributed by atoms with E-state index in [1.165, 1.54) is 17.2 Å². The van der Waals surface area contributed by atoms with Gasteiger partial charge in [0, 0.05) is 0 Å². The quantitative estimate of drug-likeness (QED) is 0.614. The predicted molar refractivity (Wildman–Crippen MR) is 92.2 cm³/mol. The number of nitrogens with one attached hydrogen (secondary N) is 1. The number of nitrogens with two attached hydrogens (primary N) is 1. The highest BCUT2D eigenvalue weighted by Crippen LogP contribution is 2.26. The van der Waals surface area contributed by atoms with Crippen LogP contribution in [0.2, 0.25) is 0 Å². The molecular formula is C16H21F2N3OS. The fourth-order valence-corrected chi connectivity index (χ4v) is 2.22. The summed E-state index contributed by atoms with van der Waals surface area (Å²) in [5, 5.41) is 3.94. The van der Waals surface area contributed by atoms with Crippen molar-refractivity contribution in [1.82, 2.24) is 5.32 Å². The summed E-state index contributed by atoms with van der Waals surface area (Å²) < 4.78 is 25.7.